The van der Waals surface area contributed by atoms with Crippen LogP contribution in [0.15, 0.2) is 45.7 Å². The van der Waals surface area contributed by atoms with E-state index in [1.807, 2.05) is 6.07 Å². The highest BCUT2D eigenvalue weighted by Gasteiger charge is 2.19. The number of hydrogen-bond acceptors (Lipinski definition) is 5. The van der Waals surface area contributed by atoms with Crippen LogP contribution in [0.3, 0.4) is 0 Å². The predicted octanol–water partition coefficient (Wildman–Crippen LogP) is 3.66. The molecule has 1 aliphatic rings. The molecular weight excluding hydrogens is 320 g/mol. The van der Waals surface area contributed by atoms with Crippen LogP contribution in [0.25, 0.3) is 11.1 Å². The monoisotopic (exact) mass is 335 g/mol. The highest BCUT2D eigenvalue weighted by molar-refractivity contribution is 7.98. The zero-order chi connectivity index (χ0) is 16.2. The van der Waals surface area contributed by atoms with Gasteiger partial charge in [0.25, 0.3) is 0 Å². The summed E-state index contributed by atoms with van der Waals surface area (Å²) < 4.78 is 36.9. The quantitative estimate of drug-likeness (QED) is 0.661. The number of hydrogen-bond donors (Lipinski definition) is 2. The molecule has 0 amide bonds. The highest BCUT2D eigenvalue weighted by Crippen LogP contribution is 2.40. The third-order valence-corrected chi connectivity index (χ3v) is 4.13. The lowest BCUT2D eigenvalue weighted by molar-refractivity contribution is 0.204. The molecule has 2 N–H and O–H groups in total. The first-order valence-corrected chi connectivity index (χ1v) is 7.79. The topological polar surface area (TPSA) is 45.6 Å². The van der Waals surface area contributed by atoms with Gasteiger partial charge in [0.2, 0.25) is 5.96 Å². The van der Waals surface area contributed by atoms with Crippen LogP contribution in [0.1, 0.15) is 0 Å². The summed E-state index contributed by atoms with van der Waals surface area (Å²) in [5, 5.41) is 6.24. The van der Waals surface area contributed by atoms with Gasteiger partial charge in [0.15, 0.2) is 0 Å². The van der Waals surface area contributed by atoms with Crippen molar-refractivity contribution in [3.8, 4) is 11.1 Å². The normalized spacial score (nSPS) is 13.1. The van der Waals surface area contributed by atoms with Crippen LogP contribution in [0.5, 0.6) is 0 Å². The molecule has 0 unspecified atom stereocenters. The molecule has 0 saturated carbocycles. The fourth-order valence-electron chi connectivity index (χ4n) is 2.25. The summed E-state index contributed by atoms with van der Waals surface area (Å²) in [6, 6.07) is 8.86. The minimum absolute atomic E-state index is 0.216. The third kappa shape index (κ3) is 3.46. The van der Waals surface area contributed by atoms with Gasteiger partial charge < -0.3 is 15.4 Å². The van der Waals surface area contributed by atoms with Crippen molar-refractivity contribution in [3.05, 3.63) is 48.0 Å². The Morgan fingerprint density at radius 2 is 2.09 bits per heavy atom. The van der Waals surface area contributed by atoms with Crippen LogP contribution in [0.4, 0.5) is 14.5 Å². The van der Waals surface area contributed by atoms with Gasteiger partial charge >= 0.3 is 0 Å². The van der Waals surface area contributed by atoms with Crippen molar-refractivity contribution >= 4 is 23.6 Å². The Hall–Kier alpha value is -2.12. The predicted molar refractivity (Wildman–Crippen MR) is 88.6 cm³/mol. The van der Waals surface area contributed by atoms with Crippen molar-refractivity contribution < 1.29 is 13.5 Å². The maximum atomic E-state index is 14.1. The number of anilines is 1. The number of benzene rings is 2. The number of halogens is 2. The van der Waals surface area contributed by atoms with Gasteiger partial charge in [-0.1, -0.05) is 12.1 Å². The first kappa shape index (κ1) is 15.8. The summed E-state index contributed by atoms with van der Waals surface area (Å²) in [6.45, 7) is 1.13. The molecule has 23 heavy (non-hydrogen) atoms. The molecule has 4 nitrogen and oxygen atoms in total. The molecule has 2 aromatic carbocycles. The van der Waals surface area contributed by atoms with Crippen molar-refractivity contribution in [2.45, 2.75) is 4.90 Å². The van der Waals surface area contributed by atoms with Crippen LogP contribution in [-0.2, 0) is 4.74 Å². The Balaban J connectivity index is 1.93. The lowest BCUT2D eigenvalue weighted by Gasteiger charge is -2.21. The van der Waals surface area contributed by atoms with Crippen molar-refractivity contribution in [2.24, 2.45) is 4.40 Å². The molecule has 0 saturated heterocycles. The Kier molecular flexibility index (Phi) is 4.78. The second kappa shape index (κ2) is 6.97. The second-order valence-corrected chi connectivity index (χ2v) is 5.68. The number of para-hydroxylation sites is 1. The molecule has 0 atom stereocenters. The van der Waals surface area contributed by atoms with Gasteiger partial charge in [0.05, 0.1) is 17.2 Å². The van der Waals surface area contributed by atoms with E-state index in [9.17, 15) is 8.78 Å². The van der Waals surface area contributed by atoms with Gasteiger partial charge in [-0.2, -0.15) is 4.40 Å². The number of methoxy groups -OCH3 is 1. The lowest BCUT2D eigenvalue weighted by Crippen LogP contribution is -2.34. The molecule has 2 aromatic rings. The number of nitrogens with one attached hydrogen (secondary N) is 2. The number of ether oxygens (including phenoxy) is 1. The fraction of sp³-hybridized carbons (Fsp3) is 0.188. The second-order valence-electron chi connectivity index (χ2n) is 4.88. The average molecular weight is 335 g/mol. The van der Waals surface area contributed by atoms with E-state index in [1.54, 1.807) is 19.2 Å². The Morgan fingerprint density at radius 3 is 2.91 bits per heavy atom. The highest BCUT2D eigenvalue weighted by atomic mass is 32.2. The largest absolute Gasteiger partial charge is 0.383 e. The van der Waals surface area contributed by atoms with E-state index in [0.717, 1.165) is 17.0 Å². The van der Waals surface area contributed by atoms with E-state index in [1.165, 1.54) is 18.0 Å². The van der Waals surface area contributed by atoms with Gasteiger partial charge in [-0.15, -0.1) is 0 Å². The van der Waals surface area contributed by atoms with E-state index < -0.39 is 11.6 Å². The zero-order valence-corrected chi connectivity index (χ0v) is 13.2. The molecular formula is C16H15F2N3OS. The molecule has 120 valence electrons. The molecule has 3 rings (SSSR count). The maximum Gasteiger partial charge on any atom is 0.208 e. The van der Waals surface area contributed by atoms with Crippen LogP contribution in [0, 0.1) is 11.6 Å². The molecule has 0 fully saturated rings. The molecule has 0 bridgehead atoms. The van der Waals surface area contributed by atoms with E-state index in [-0.39, 0.29) is 5.56 Å². The standard InChI is InChI=1S/C16H15F2N3OS/c1-22-8-7-19-16-20-15-11(3-2-4-14(15)23-21-16)12-9-10(17)5-6-13(12)18/h2-6,9H,7-8H2,1H3,(H2,19,20,21). The third-order valence-electron chi connectivity index (χ3n) is 3.32. The van der Waals surface area contributed by atoms with Crippen molar-refractivity contribution in [1.29, 1.82) is 0 Å². The molecule has 0 spiro atoms. The number of fused-ring (bicyclic) bond motifs is 1. The summed E-state index contributed by atoms with van der Waals surface area (Å²) >= 11 is 1.28. The molecule has 0 radical (unpaired) electrons. The van der Waals surface area contributed by atoms with Crippen LogP contribution < -0.4 is 10.6 Å². The summed E-state index contributed by atoms with van der Waals surface area (Å²) in [5.74, 6) is -0.388. The SMILES string of the molecule is COCCNC1=NSc2cccc(-c3cc(F)ccc3F)c2N1. The summed E-state index contributed by atoms with van der Waals surface area (Å²) in [7, 11) is 1.62. The van der Waals surface area contributed by atoms with Crippen LogP contribution >= 0.6 is 11.9 Å². The van der Waals surface area contributed by atoms with Gasteiger partial charge in [0.1, 0.15) is 11.6 Å². The molecule has 1 aliphatic heterocycles. The Labute approximate surface area is 137 Å². The van der Waals surface area contributed by atoms with Crippen molar-refractivity contribution in [2.75, 3.05) is 25.6 Å². The molecule has 0 aromatic heterocycles. The van der Waals surface area contributed by atoms with Crippen molar-refractivity contribution in [3.63, 3.8) is 0 Å². The minimum Gasteiger partial charge on any atom is -0.383 e. The van der Waals surface area contributed by atoms with Gasteiger partial charge in [-0.25, -0.2) is 8.78 Å². The molecule has 1 heterocycles. The molecule has 7 heteroatoms. The average Bonchev–Trinajstić information content (AvgIpc) is 2.57. The van der Waals surface area contributed by atoms with Gasteiger partial charge in [-0.3, -0.25) is 0 Å². The van der Waals surface area contributed by atoms with Gasteiger partial charge in [-0.05, 0) is 24.3 Å². The van der Waals surface area contributed by atoms with E-state index in [4.69, 9.17) is 4.74 Å². The molecule has 0 aliphatic carbocycles. The number of guanidine groups is 1. The fourth-order valence-corrected chi connectivity index (χ4v) is 2.94. The summed E-state index contributed by atoms with van der Waals surface area (Å²) in [4.78, 5) is 0.850. The Bertz CT molecular complexity index is 752. The summed E-state index contributed by atoms with van der Waals surface area (Å²) in [6.07, 6.45) is 0. The van der Waals surface area contributed by atoms with Crippen LogP contribution in [0.2, 0.25) is 0 Å². The van der Waals surface area contributed by atoms with E-state index >= 15 is 0 Å². The Morgan fingerprint density at radius 1 is 1.22 bits per heavy atom. The first-order chi connectivity index (χ1) is 11.2. The minimum atomic E-state index is -0.477. The van der Waals surface area contributed by atoms with E-state index in [2.05, 4.69) is 15.0 Å². The number of rotatable bonds is 4. The zero-order valence-electron chi connectivity index (χ0n) is 12.4. The number of nitrogens with zero attached hydrogens (tertiary/aromatic N) is 1. The van der Waals surface area contributed by atoms with E-state index in [0.29, 0.717) is 30.4 Å². The smallest absolute Gasteiger partial charge is 0.208 e. The summed E-state index contributed by atoms with van der Waals surface area (Å²) in [5.41, 5.74) is 1.51. The first-order valence-electron chi connectivity index (χ1n) is 7.02. The van der Waals surface area contributed by atoms with Crippen molar-refractivity contribution in [1.82, 2.24) is 5.32 Å². The van der Waals surface area contributed by atoms with Crippen LogP contribution in [-0.4, -0.2) is 26.2 Å². The maximum absolute atomic E-state index is 14.1. The van der Waals surface area contributed by atoms with Gasteiger partial charge in [0, 0.05) is 36.7 Å². The lowest BCUT2D eigenvalue weighted by atomic mass is 10.0.